The summed E-state index contributed by atoms with van der Waals surface area (Å²) in [5, 5.41) is 2.47. The van der Waals surface area contributed by atoms with Gasteiger partial charge >= 0.3 is 0 Å². The van der Waals surface area contributed by atoms with Gasteiger partial charge in [-0.1, -0.05) is 0 Å². The van der Waals surface area contributed by atoms with Crippen LogP contribution in [-0.4, -0.2) is 42.3 Å². The first-order valence-corrected chi connectivity index (χ1v) is 4.70. The van der Waals surface area contributed by atoms with Crippen LogP contribution in [-0.2, 0) is 4.79 Å². The number of pyridine rings is 1. The first-order chi connectivity index (χ1) is 7.50. The summed E-state index contributed by atoms with van der Waals surface area (Å²) in [7, 11) is 3.24. The molecule has 0 spiro atoms. The smallest absolute Gasteiger partial charge is 0.270 e. The monoisotopic (exact) mass is 222 g/mol. The molecule has 0 atom stereocenters. The SMILES string of the molecule is CN(C)C(=O)CNC(=O)c1ccc(N)cn1. The molecule has 1 heterocycles. The zero-order chi connectivity index (χ0) is 12.1. The van der Waals surface area contributed by atoms with Crippen LogP contribution in [0.15, 0.2) is 18.3 Å². The van der Waals surface area contributed by atoms with E-state index in [1.165, 1.54) is 17.2 Å². The third-order valence-electron chi connectivity index (χ3n) is 1.92. The van der Waals surface area contributed by atoms with E-state index in [-0.39, 0.29) is 18.1 Å². The zero-order valence-corrected chi connectivity index (χ0v) is 9.23. The van der Waals surface area contributed by atoms with Crippen molar-refractivity contribution in [1.29, 1.82) is 0 Å². The number of nitrogens with two attached hydrogens (primary N) is 1. The first kappa shape index (κ1) is 12.0. The van der Waals surface area contributed by atoms with Crippen LogP contribution in [0.4, 0.5) is 5.69 Å². The summed E-state index contributed by atoms with van der Waals surface area (Å²) in [4.78, 5) is 27.9. The zero-order valence-electron chi connectivity index (χ0n) is 9.23. The van der Waals surface area contributed by atoms with E-state index in [9.17, 15) is 9.59 Å². The van der Waals surface area contributed by atoms with Crippen molar-refractivity contribution >= 4 is 17.5 Å². The number of hydrogen-bond donors (Lipinski definition) is 2. The van der Waals surface area contributed by atoms with Crippen molar-refractivity contribution in [3.05, 3.63) is 24.0 Å². The molecule has 1 aromatic heterocycles. The lowest BCUT2D eigenvalue weighted by Gasteiger charge is -2.10. The molecule has 0 unspecified atom stereocenters. The van der Waals surface area contributed by atoms with E-state index in [2.05, 4.69) is 10.3 Å². The molecule has 0 saturated carbocycles. The number of nitrogen functional groups attached to an aromatic ring is 1. The molecular formula is C10H14N4O2. The standard InChI is InChI=1S/C10H14N4O2/c1-14(2)9(15)6-13-10(16)8-4-3-7(11)5-12-8/h3-5H,6,11H2,1-2H3,(H,13,16). The highest BCUT2D eigenvalue weighted by atomic mass is 16.2. The van der Waals surface area contributed by atoms with Crippen molar-refractivity contribution in [3.63, 3.8) is 0 Å². The normalized spacial score (nSPS) is 9.62. The third-order valence-corrected chi connectivity index (χ3v) is 1.92. The van der Waals surface area contributed by atoms with Gasteiger partial charge in [0.25, 0.3) is 5.91 Å². The molecule has 1 rings (SSSR count). The summed E-state index contributed by atoms with van der Waals surface area (Å²) in [6, 6.07) is 3.08. The summed E-state index contributed by atoms with van der Waals surface area (Å²) in [5.74, 6) is -0.570. The van der Waals surface area contributed by atoms with E-state index < -0.39 is 5.91 Å². The van der Waals surface area contributed by atoms with Gasteiger partial charge in [0.15, 0.2) is 0 Å². The number of nitrogens with one attached hydrogen (secondary N) is 1. The highest BCUT2D eigenvalue weighted by Gasteiger charge is 2.09. The van der Waals surface area contributed by atoms with Crippen LogP contribution < -0.4 is 11.1 Å². The third kappa shape index (κ3) is 3.23. The number of amides is 2. The Morgan fingerprint density at radius 1 is 1.44 bits per heavy atom. The van der Waals surface area contributed by atoms with E-state index in [1.54, 1.807) is 20.2 Å². The van der Waals surface area contributed by atoms with E-state index >= 15 is 0 Å². The molecule has 2 amide bonds. The number of nitrogens with zero attached hydrogens (tertiary/aromatic N) is 2. The van der Waals surface area contributed by atoms with Crippen LogP contribution in [0.1, 0.15) is 10.5 Å². The maximum absolute atomic E-state index is 11.5. The molecule has 3 N–H and O–H groups in total. The molecule has 0 saturated heterocycles. The lowest BCUT2D eigenvalue weighted by atomic mass is 10.3. The number of anilines is 1. The van der Waals surface area contributed by atoms with Crippen LogP contribution in [0.3, 0.4) is 0 Å². The molecule has 1 aromatic rings. The number of carbonyl (C=O) groups excluding carboxylic acids is 2. The van der Waals surface area contributed by atoms with Crippen molar-refractivity contribution in [3.8, 4) is 0 Å². The fourth-order valence-electron chi connectivity index (χ4n) is 0.944. The van der Waals surface area contributed by atoms with Gasteiger partial charge in [-0.25, -0.2) is 4.98 Å². The molecule has 0 radical (unpaired) electrons. The molecule has 16 heavy (non-hydrogen) atoms. The van der Waals surface area contributed by atoms with E-state index in [0.717, 1.165) is 0 Å². The van der Waals surface area contributed by atoms with Crippen LogP contribution >= 0.6 is 0 Å². The highest BCUT2D eigenvalue weighted by molar-refractivity contribution is 5.94. The van der Waals surface area contributed by atoms with Gasteiger partial charge in [-0.15, -0.1) is 0 Å². The van der Waals surface area contributed by atoms with Gasteiger partial charge in [-0.2, -0.15) is 0 Å². The number of aromatic nitrogens is 1. The maximum atomic E-state index is 11.5. The van der Waals surface area contributed by atoms with Crippen LogP contribution in [0.25, 0.3) is 0 Å². The molecule has 0 aliphatic heterocycles. The Bertz CT molecular complexity index is 386. The van der Waals surface area contributed by atoms with Gasteiger partial charge in [0, 0.05) is 14.1 Å². The van der Waals surface area contributed by atoms with Crippen LogP contribution in [0.5, 0.6) is 0 Å². The summed E-state index contributed by atoms with van der Waals surface area (Å²) >= 11 is 0. The number of carbonyl (C=O) groups is 2. The maximum Gasteiger partial charge on any atom is 0.270 e. The Morgan fingerprint density at radius 3 is 2.62 bits per heavy atom. The minimum atomic E-state index is -0.393. The van der Waals surface area contributed by atoms with E-state index in [1.807, 2.05) is 0 Å². The second-order valence-electron chi connectivity index (χ2n) is 3.45. The molecule has 0 aliphatic rings. The lowest BCUT2D eigenvalue weighted by molar-refractivity contribution is -0.127. The van der Waals surface area contributed by atoms with Crippen molar-refractivity contribution in [1.82, 2.24) is 15.2 Å². The molecular weight excluding hydrogens is 208 g/mol. The molecule has 6 heteroatoms. The first-order valence-electron chi connectivity index (χ1n) is 4.70. The summed E-state index contributed by atoms with van der Waals surface area (Å²) < 4.78 is 0. The van der Waals surface area contributed by atoms with Crippen molar-refractivity contribution < 1.29 is 9.59 Å². The Balaban J connectivity index is 2.53. The van der Waals surface area contributed by atoms with Gasteiger partial charge in [-0.3, -0.25) is 9.59 Å². The number of likely N-dealkylation sites (N-methyl/N-ethyl adjacent to an activating group) is 1. The molecule has 86 valence electrons. The lowest BCUT2D eigenvalue weighted by Crippen LogP contribution is -2.36. The minimum Gasteiger partial charge on any atom is -0.397 e. The van der Waals surface area contributed by atoms with Gasteiger partial charge in [-0.05, 0) is 12.1 Å². The molecule has 0 bridgehead atoms. The predicted octanol–water partition coefficient (Wildman–Crippen LogP) is -0.518. The topological polar surface area (TPSA) is 88.3 Å². The Hall–Kier alpha value is -2.11. The molecule has 0 fully saturated rings. The summed E-state index contributed by atoms with van der Waals surface area (Å²) in [5.41, 5.74) is 6.16. The average Bonchev–Trinajstić information content (AvgIpc) is 2.26. The number of hydrogen-bond acceptors (Lipinski definition) is 4. The number of rotatable bonds is 3. The molecule has 0 aliphatic carbocycles. The summed E-state index contributed by atoms with van der Waals surface area (Å²) in [6.45, 7) is -0.0438. The quantitative estimate of drug-likeness (QED) is 0.720. The predicted molar refractivity (Wildman–Crippen MR) is 59.7 cm³/mol. The Kier molecular flexibility index (Phi) is 3.82. The van der Waals surface area contributed by atoms with E-state index in [4.69, 9.17) is 5.73 Å². The molecule has 6 nitrogen and oxygen atoms in total. The molecule has 0 aromatic carbocycles. The highest BCUT2D eigenvalue weighted by Crippen LogP contribution is 2.00. The fourth-order valence-corrected chi connectivity index (χ4v) is 0.944. The largest absolute Gasteiger partial charge is 0.397 e. The van der Waals surface area contributed by atoms with Gasteiger partial charge in [0.05, 0.1) is 18.4 Å². The Labute approximate surface area is 93.4 Å². The Morgan fingerprint density at radius 2 is 2.12 bits per heavy atom. The van der Waals surface area contributed by atoms with Crippen molar-refractivity contribution in [2.75, 3.05) is 26.4 Å². The summed E-state index contributed by atoms with van der Waals surface area (Å²) in [6.07, 6.45) is 1.39. The average molecular weight is 222 g/mol. The van der Waals surface area contributed by atoms with Gasteiger partial charge < -0.3 is 16.0 Å². The minimum absolute atomic E-state index is 0.0438. The van der Waals surface area contributed by atoms with Gasteiger partial charge in [0.2, 0.25) is 5.91 Å². The van der Waals surface area contributed by atoms with Crippen LogP contribution in [0, 0.1) is 0 Å². The second kappa shape index (κ2) is 5.11. The van der Waals surface area contributed by atoms with Gasteiger partial charge in [0.1, 0.15) is 5.69 Å². The fraction of sp³-hybridized carbons (Fsp3) is 0.300. The van der Waals surface area contributed by atoms with Crippen molar-refractivity contribution in [2.45, 2.75) is 0 Å². The van der Waals surface area contributed by atoms with Crippen molar-refractivity contribution in [2.24, 2.45) is 0 Å². The van der Waals surface area contributed by atoms with Crippen LogP contribution in [0.2, 0.25) is 0 Å². The second-order valence-corrected chi connectivity index (χ2v) is 3.45. The van der Waals surface area contributed by atoms with E-state index in [0.29, 0.717) is 5.69 Å².